The minimum atomic E-state index is -3.53. The molecule has 0 radical (unpaired) electrons. The van der Waals surface area contributed by atoms with E-state index in [1.165, 1.54) is 12.5 Å². The zero-order valence-electron chi connectivity index (χ0n) is 20.9. The van der Waals surface area contributed by atoms with Gasteiger partial charge in [0.25, 0.3) is 5.91 Å². The Hall–Kier alpha value is -3.18. The molecule has 2 aromatic heterocycles. The Balaban J connectivity index is 1.77. The maximum absolute atomic E-state index is 14.1. The van der Waals surface area contributed by atoms with Crippen LogP contribution in [0.2, 0.25) is 0 Å². The first-order valence-corrected chi connectivity index (χ1v) is 14.5. The zero-order valence-corrected chi connectivity index (χ0v) is 21.7. The van der Waals surface area contributed by atoms with Crippen LogP contribution < -0.4 is 15.4 Å². The first kappa shape index (κ1) is 25.9. The number of nitrogens with one attached hydrogen (secondary N) is 1. The largest absolute Gasteiger partial charge is 0.356 e. The number of pyridine rings is 1. The number of halogens is 2. The van der Waals surface area contributed by atoms with Crippen molar-refractivity contribution in [2.75, 3.05) is 35.8 Å². The van der Waals surface area contributed by atoms with Crippen molar-refractivity contribution in [2.45, 2.75) is 37.0 Å². The molecule has 0 aliphatic carbocycles. The second kappa shape index (κ2) is 9.04. The molecule has 3 heterocycles. The summed E-state index contributed by atoms with van der Waals surface area (Å²) in [5.74, 6) is -2.82. The molecule has 1 saturated heterocycles. The van der Waals surface area contributed by atoms with E-state index < -0.39 is 21.1 Å². The first-order chi connectivity index (χ1) is 16.7. The SMILES string of the molecule is Cc1c(-c2cnn(C)c2)cnc(N2CCCC(F)(F)CC2)c1C(=O)Nc1cccc(S(C)(C)(N)=O)c1. The fraction of sp³-hybridized carbons (Fsp3) is 0.400. The summed E-state index contributed by atoms with van der Waals surface area (Å²) in [7, 11) is -1.73. The van der Waals surface area contributed by atoms with E-state index in [2.05, 4.69) is 15.4 Å². The van der Waals surface area contributed by atoms with Crippen LogP contribution in [0.15, 0.2) is 47.8 Å². The topological polar surface area (TPSA) is 106 Å². The monoisotopic (exact) mass is 518 g/mol. The molecule has 0 unspecified atom stereocenters. The lowest BCUT2D eigenvalue weighted by Gasteiger charge is -2.29. The Morgan fingerprint density at radius 1 is 1.19 bits per heavy atom. The Morgan fingerprint density at radius 2 is 1.94 bits per heavy atom. The summed E-state index contributed by atoms with van der Waals surface area (Å²) in [4.78, 5) is 20.5. The number of rotatable bonds is 5. The van der Waals surface area contributed by atoms with Crippen molar-refractivity contribution in [3.05, 3.63) is 54.0 Å². The lowest BCUT2D eigenvalue weighted by molar-refractivity contribution is -0.0102. The molecule has 1 aliphatic heterocycles. The molecule has 0 saturated carbocycles. The Bertz CT molecular complexity index is 1370. The van der Waals surface area contributed by atoms with E-state index in [0.717, 1.165) is 11.1 Å². The van der Waals surface area contributed by atoms with Gasteiger partial charge in [0, 0.05) is 79.6 Å². The van der Waals surface area contributed by atoms with Gasteiger partial charge in [0.1, 0.15) is 5.82 Å². The van der Waals surface area contributed by atoms with Crippen molar-refractivity contribution in [1.82, 2.24) is 14.8 Å². The van der Waals surface area contributed by atoms with Gasteiger partial charge >= 0.3 is 0 Å². The summed E-state index contributed by atoms with van der Waals surface area (Å²) in [5, 5.41) is 13.1. The quantitative estimate of drug-likeness (QED) is 0.532. The lowest BCUT2D eigenvalue weighted by Crippen LogP contribution is -2.39. The number of aryl methyl sites for hydroxylation is 1. The predicted octanol–water partition coefficient (Wildman–Crippen LogP) is 3.98. The fourth-order valence-corrected chi connectivity index (χ4v) is 5.34. The molecule has 36 heavy (non-hydrogen) atoms. The van der Waals surface area contributed by atoms with E-state index in [4.69, 9.17) is 5.14 Å². The molecule has 0 spiro atoms. The first-order valence-electron chi connectivity index (χ1n) is 11.7. The van der Waals surface area contributed by atoms with Crippen LogP contribution >= 0.6 is 0 Å². The Kier molecular flexibility index (Phi) is 6.50. The van der Waals surface area contributed by atoms with Gasteiger partial charge in [-0.3, -0.25) is 18.8 Å². The maximum atomic E-state index is 14.1. The van der Waals surface area contributed by atoms with Crippen LogP contribution in [0.25, 0.3) is 11.1 Å². The van der Waals surface area contributed by atoms with Gasteiger partial charge in [-0.15, -0.1) is 0 Å². The highest BCUT2D eigenvalue weighted by molar-refractivity contribution is 8.16. The lowest BCUT2D eigenvalue weighted by atomic mass is 9.99. The van der Waals surface area contributed by atoms with E-state index in [9.17, 15) is 17.8 Å². The highest BCUT2D eigenvalue weighted by Crippen LogP contribution is 2.35. The van der Waals surface area contributed by atoms with Gasteiger partial charge in [0.05, 0.1) is 11.8 Å². The van der Waals surface area contributed by atoms with Crippen LogP contribution in [0.4, 0.5) is 20.3 Å². The van der Waals surface area contributed by atoms with Crippen molar-refractivity contribution in [1.29, 1.82) is 0 Å². The van der Waals surface area contributed by atoms with Crippen molar-refractivity contribution in [2.24, 2.45) is 12.2 Å². The fourth-order valence-electron chi connectivity index (χ4n) is 4.37. The molecule has 1 fully saturated rings. The summed E-state index contributed by atoms with van der Waals surface area (Å²) in [6, 6.07) is 6.60. The molecule has 1 amide bonds. The second-order valence-corrected chi connectivity index (χ2v) is 14.3. The van der Waals surface area contributed by atoms with Crippen molar-refractivity contribution >= 4 is 26.7 Å². The van der Waals surface area contributed by atoms with Gasteiger partial charge in [0.2, 0.25) is 5.92 Å². The van der Waals surface area contributed by atoms with Gasteiger partial charge in [-0.25, -0.2) is 13.8 Å². The molecule has 194 valence electrons. The number of amides is 1. The summed E-state index contributed by atoms with van der Waals surface area (Å²) in [6.07, 6.45) is 7.89. The van der Waals surface area contributed by atoms with Crippen molar-refractivity contribution in [3.63, 3.8) is 0 Å². The molecular formula is C25H32F2N6O2S. The van der Waals surface area contributed by atoms with Gasteiger partial charge in [-0.1, -0.05) is 6.07 Å². The summed E-state index contributed by atoms with van der Waals surface area (Å²) < 4.78 is 42.7. The van der Waals surface area contributed by atoms with Crippen LogP contribution in [0.1, 0.15) is 35.2 Å². The number of carbonyl (C=O) groups excluding carboxylic acids is 1. The van der Waals surface area contributed by atoms with E-state index in [1.54, 1.807) is 53.3 Å². The highest BCUT2D eigenvalue weighted by atomic mass is 32.3. The number of nitrogens with two attached hydrogens (primary N) is 1. The smallest absolute Gasteiger partial charge is 0.259 e. The summed E-state index contributed by atoms with van der Waals surface area (Å²) >= 11 is 0. The Labute approximate surface area is 209 Å². The molecule has 3 aromatic rings. The van der Waals surface area contributed by atoms with E-state index in [0.29, 0.717) is 40.5 Å². The van der Waals surface area contributed by atoms with Gasteiger partial charge in [0.15, 0.2) is 0 Å². The number of hydrogen-bond donors (Lipinski definition) is 2. The van der Waals surface area contributed by atoms with Crippen molar-refractivity contribution < 1.29 is 17.8 Å². The normalized spacial score (nSPS) is 17.2. The Morgan fingerprint density at radius 3 is 2.61 bits per heavy atom. The van der Waals surface area contributed by atoms with Crippen LogP contribution in [0, 0.1) is 6.92 Å². The number of nitrogens with zero attached hydrogens (tertiary/aromatic N) is 4. The molecule has 11 heteroatoms. The number of aromatic nitrogens is 3. The number of hydrogen-bond acceptors (Lipinski definition) is 5. The summed E-state index contributed by atoms with van der Waals surface area (Å²) in [5.41, 5.74) is 2.88. The third kappa shape index (κ3) is 5.62. The molecule has 4 rings (SSSR count). The van der Waals surface area contributed by atoms with E-state index in [-0.39, 0.29) is 19.4 Å². The predicted molar refractivity (Wildman–Crippen MR) is 139 cm³/mol. The van der Waals surface area contributed by atoms with Crippen LogP contribution in [0.3, 0.4) is 0 Å². The molecule has 8 nitrogen and oxygen atoms in total. The third-order valence-electron chi connectivity index (χ3n) is 6.37. The standard InChI is InChI=1S/C25H32F2N6O2S/c1-17-21(18-14-30-32(2)16-18)15-29-23(33-11-6-9-25(26,27)10-12-33)22(17)24(34)31-19-7-5-8-20(13-19)36(3,4,28)35/h5,7-8,13-16H,6,9-12H2,1-4H3,(H2,28,35)(H,31,34). The van der Waals surface area contributed by atoms with E-state index in [1.807, 2.05) is 13.1 Å². The number of benzene rings is 1. The number of alkyl halides is 2. The van der Waals surface area contributed by atoms with Gasteiger partial charge in [-0.05, 0) is 46.4 Å². The second-order valence-electron chi connectivity index (χ2n) is 10.00. The zero-order chi connectivity index (χ0) is 26.3. The molecule has 3 N–H and O–H groups in total. The molecule has 1 aromatic carbocycles. The van der Waals surface area contributed by atoms with Crippen LogP contribution in [-0.4, -0.2) is 56.4 Å². The average molecular weight is 519 g/mol. The maximum Gasteiger partial charge on any atom is 0.259 e. The molecule has 1 aliphatic rings. The van der Waals surface area contributed by atoms with E-state index >= 15 is 0 Å². The number of anilines is 2. The molecule has 0 atom stereocenters. The van der Waals surface area contributed by atoms with Crippen LogP contribution in [0.5, 0.6) is 0 Å². The molecular weight excluding hydrogens is 486 g/mol. The van der Waals surface area contributed by atoms with Gasteiger partial charge < -0.3 is 10.2 Å². The minimum absolute atomic E-state index is 0.0875. The van der Waals surface area contributed by atoms with Gasteiger partial charge in [-0.2, -0.15) is 5.10 Å². The molecule has 0 bridgehead atoms. The average Bonchev–Trinajstić information content (AvgIpc) is 3.11. The highest BCUT2D eigenvalue weighted by Gasteiger charge is 2.34. The minimum Gasteiger partial charge on any atom is -0.356 e. The number of carbonyl (C=O) groups is 1. The van der Waals surface area contributed by atoms with Crippen molar-refractivity contribution in [3.8, 4) is 11.1 Å². The third-order valence-corrected chi connectivity index (χ3v) is 8.04. The summed E-state index contributed by atoms with van der Waals surface area (Å²) in [6.45, 7) is 2.27. The van der Waals surface area contributed by atoms with Crippen LogP contribution in [-0.2, 0) is 16.3 Å².